The quantitative estimate of drug-likeness (QED) is 0.874. The van der Waals surface area contributed by atoms with Gasteiger partial charge in [-0.1, -0.05) is 17.7 Å². The van der Waals surface area contributed by atoms with Crippen molar-refractivity contribution in [3.63, 3.8) is 0 Å². The Morgan fingerprint density at radius 2 is 1.96 bits per heavy atom. The molecule has 1 fully saturated rings. The number of nitrogens with one attached hydrogen (secondary N) is 2. The molecule has 1 saturated heterocycles. The Kier molecular flexibility index (Phi) is 4.55. The molecule has 0 radical (unpaired) electrons. The van der Waals surface area contributed by atoms with Crippen molar-refractivity contribution in [1.29, 1.82) is 0 Å². The minimum absolute atomic E-state index is 0.0127. The predicted octanol–water partition coefficient (Wildman–Crippen LogP) is 3.02. The van der Waals surface area contributed by atoms with Gasteiger partial charge in [0.1, 0.15) is 0 Å². The number of aryl methyl sites for hydroxylation is 2. The summed E-state index contributed by atoms with van der Waals surface area (Å²) in [5.74, 6) is -0.151. The molecule has 0 bridgehead atoms. The maximum atomic E-state index is 12.5. The number of amides is 2. The standard InChI is InChI=1S/C20H20ClN3O2/c21-17-11-16(6-7-18(17)24-9-8-22-19(25)12-24)23-20(26)15-5-4-13-2-1-3-14(13)10-15/h4-7,10-11H,1-3,8-9,12H2,(H,22,25)(H,23,26). The van der Waals surface area contributed by atoms with Crippen LogP contribution >= 0.6 is 11.6 Å². The molecule has 6 heteroatoms. The van der Waals surface area contributed by atoms with Crippen LogP contribution in [0.1, 0.15) is 27.9 Å². The number of piperazine rings is 1. The van der Waals surface area contributed by atoms with Gasteiger partial charge < -0.3 is 15.5 Å². The zero-order valence-corrected chi connectivity index (χ0v) is 15.1. The lowest BCUT2D eigenvalue weighted by Crippen LogP contribution is -2.47. The van der Waals surface area contributed by atoms with Gasteiger partial charge in [-0.2, -0.15) is 0 Å². The first-order valence-corrected chi connectivity index (χ1v) is 9.22. The summed E-state index contributed by atoms with van der Waals surface area (Å²) in [6.45, 7) is 1.61. The van der Waals surface area contributed by atoms with Gasteiger partial charge in [0.15, 0.2) is 0 Å². The summed E-state index contributed by atoms with van der Waals surface area (Å²) in [6.07, 6.45) is 3.30. The van der Waals surface area contributed by atoms with E-state index in [0.29, 0.717) is 35.9 Å². The Morgan fingerprint density at radius 1 is 1.12 bits per heavy atom. The van der Waals surface area contributed by atoms with Gasteiger partial charge in [-0.05, 0) is 60.7 Å². The predicted molar refractivity (Wildman–Crippen MR) is 103 cm³/mol. The third kappa shape index (κ3) is 3.40. The lowest BCUT2D eigenvalue weighted by atomic mass is 10.1. The van der Waals surface area contributed by atoms with Crippen LogP contribution in [0.25, 0.3) is 0 Å². The fourth-order valence-corrected chi connectivity index (χ4v) is 3.90. The van der Waals surface area contributed by atoms with Crippen LogP contribution in [0.3, 0.4) is 0 Å². The van der Waals surface area contributed by atoms with Crippen molar-refractivity contribution in [3.05, 3.63) is 58.1 Å². The molecule has 134 valence electrons. The van der Waals surface area contributed by atoms with Crippen LogP contribution in [0.15, 0.2) is 36.4 Å². The van der Waals surface area contributed by atoms with Gasteiger partial charge >= 0.3 is 0 Å². The zero-order chi connectivity index (χ0) is 18.1. The molecule has 4 rings (SSSR count). The fourth-order valence-electron chi connectivity index (χ4n) is 3.60. The highest BCUT2D eigenvalue weighted by Crippen LogP contribution is 2.30. The van der Waals surface area contributed by atoms with Crippen molar-refractivity contribution in [3.8, 4) is 0 Å². The number of hydrogen-bond donors (Lipinski definition) is 2. The van der Waals surface area contributed by atoms with E-state index in [1.165, 1.54) is 11.1 Å². The molecule has 1 aliphatic heterocycles. The molecule has 0 aromatic heterocycles. The highest BCUT2D eigenvalue weighted by Gasteiger charge is 2.19. The van der Waals surface area contributed by atoms with Crippen molar-refractivity contribution in [1.82, 2.24) is 5.32 Å². The number of nitrogens with zero attached hydrogens (tertiary/aromatic N) is 1. The summed E-state index contributed by atoms with van der Waals surface area (Å²) in [5, 5.41) is 6.22. The number of benzene rings is 2. The highest BCUT2D eigenvalue weighted by atomic mass is 35.5. The van der Waals surface area contributed by atoms with Crippen LogP contribution in [0.5, 0.6) is 0 Å². The first kappa shape index (κ1) is 16.9. The molecule has 2 aromatic carbocycles. The molecule has 1 aliphatic carbocycles. The van der Waals surface area contributed by atoms with Gasteiger partial charge in [-0.25, -0.2) is 0 Å². The van der Waals surface area contributed by atoms with Gasteiger partial charge in [-0.15, -0.1) is 0 Å². The highest BCUT2D eigenvalue weighted by molar-refractivity contribution is 6.33. The van der Waals surface area contributed by atoms with Crippen LogP contribution in [-0.2, 0) is 17.6 Å². The minimum atomic E-state index is -0.138. The third-order valence-electron chi connectivity index (χ3n) is 4.95. The zero-order valence-electron chi connectivity index (χ0n) is 14.3. The third-order valence-corrected chi connectivity index (χ3v) is 5.25. The van der Waals surface area contributed by atoms with E-state index in [1.54, 1.807) is 6.07 Å². The van der Waals surface area contributed by atoms with Crippen LogP contribution in [-0.4, -0.2) is 31.4 Å². The van der Waals surface area contributed by atoms with Crippen LogP contribution in [0, 0.1) is 0 Å². The average Bonchev–Trinajstić information content (AvgIpc) is 3.09. The average molecular weight is 370 g/mol. The lowest BCUT2D eigenvalue weighted by Gasteiger charge is -2.29. The van der Waals surface area contributed by atoms with E-state index in [0.717, 1.165) is 24.9 Å². The summed E-state index contributed by atoms with van der Waals surface area (Å²) in [6, 6.07) is 11.3. The summed E-state index contributed by atoms with van der Waals surface area (Å²) < 4.78 is 0. The van der Waals surface area contributed by atoms with Crippen molar-refractivity contribution < 1.29 is 9.59 Å². The molecule has 2 amide bonds. The van der Waals surface area contributed by atoms with E-state index in [-0.39, 0.29) is 11.8 Å². The smallest absolute Gasteiger partial charge is 0.255 e. The number of fused-ring (bicyclic) bond motifs is 1. The maximum absolute atomic E-state index is 12.5. The molecular weight excluding hydrogens is 350 g/mol. The van der Waals surface area contributed by atoms with E-state index in [1.807, 2.05) is 29.2 Å². The SMILES string of the molecule is O=C1CN(c2ccc(NC(=O)c3ccc4c(c3)CCC4)cc2Cl)CCN1. The van der Waals surface area contributed by atoms with Crippen molar-refractivity contribution >= 4 is 34.8 Å². The normalized spacial score (nSPS) is 16.2. The van der Waals surface area contributed by atoms with E-state index >= 15 is 0 Å². The molecule has 1 heterocycles. The van der Waals surface area contributed by atoms with Crippen molar-refractivity contribution in [2.45, 2.75) is 19.3 Å². The molecule has 0 unspecified atom stereocenters. The summed E-state index contributed by atoms with van der Waals surface area (Å²) in [7, 11) is 0. The summed E-state index contributed by atoms with van der Waals surface area (Å²) >= 11 is 6.39. The molecule has 26 heavy (non-hydrogen) atoms. The number of rotatable bonds is 3. The van der Waals surface area contributed by atoms with Crippen molar-refractivity contribution in [2.75, 3.05) is 29.9 Å². The second kappa shape index (κ2) is 7.00. The Hall–Kier alpha value is -2.53. The monoisotopic (exact) mass is 369 g/mol. The van der Waals surface area contributed by atoms with Gasteiger partial charge in [0.05, 0.1) is 17.3 Å². The van der Waals surface area contributed by atoms with Crippen molar-refractivity contribution in [2.24, 2.45) is 0 Å². The Labute approximate surface area is 157 Å². The lowest BCUT2D eigenvalue weighted by molar-refractivity contribution is -0.120. The van der Waals surface area contributed by atoms with E-state index in [9.17, 15) is 9.59 Å². The minimum Gasteiger partial charge on any atom is -0.359 e. The Morgan fingerprint density at radius 3 is 2.77 bits per heavy atom. The van der Waals surface area contributed by atoms with Crippen LogP contribution in [0.4, 0.5) is 11.4 Å². The molecule has 2 N–H and O–H groups in total. The Bertz CT molecular complexity index is 881. The van der Waals surface area contributed by atoms with Gasteiger partial charge in [0.2, 0.25) is 5.91 Å². The molecule has 0 saturated carbocycles. The van der Waals surface area contributed by atoms with Gasteiger partial charge in [0.25, 0.3) is 5.91 Å². The summed E-state index contributed by atoms with van der Waals surface area (Å²) in [4.78, 5) is 26.0. The molecule has 0 spiro atoms. The first-order chi connectivity index (χ1) is 12.6. The Balaban J connectivity index is 1.49. The number of carbonyl (C=O) groups is 2. The van der Waals surface area contributed by atoms with E-state index < -0.39 is 0 Å². The van der Waals surface area contributed by atoms with Gasteiger partial charge in [0, 0.05) is 24.3 Å². The largest absolute Gasteiger partial charge is 0.359 e. The maximum Gasteiger partial charge on any atom is 0.255 e. The van der Waals surface area contributed by atoms with E-state index in [2.05, 4.69) is 16.7 Å². The summed E-state index contributed by atoms with van der Waals surface area (Å²) in [5.41, 5.74) is 4.73. The van der Waals surface area contributed by atoms with Crippen LogP contribution < -0.4 is 15.5 Å². The second-order valence-corrected chi connectivity index (χ2v) is 7.14. The molecule has 2 aliphatic rings. The number of halogens is 1. The van der Waals surface area contributed by atoms with Crippen LogP contribution in [0.2, 0.25) is 5.02 Å². The first-order valence-electron chi connectivity index (χ1n) is 8.84. The number of carbonyl (C=O) groups excluding carboxylic acids is 2. The molecule has 0 atom stereocenters. The topological polar surface area (TPSA) is 61.4 Å². The molecular formula is C20H20ClN3O2. The second-order valence-electron chi connectivity index (χ2n) is 6.73. The van der Waals surface area contributed by atoms with Gasteiger partial charge in [-0.3, -0.25) is 9.59 Å². The number of anilines is 2. The van der Waals surface area contributed by atoms with E-state index in [4.69, 9.17) is 11.6 Å². The molecule has 5 nitrogen and oxygen atoms in total. The molecule has 2 aromatic rings. The number of hydrogen-bond acceptors (Lipinski definition) is 3. The fraction of sp³-hybridized carbons (Fsp3) is 0.300.